The zero-order chi connectivity index (χ0) is 19.0. The van der Waals surface area contributed by atoms with Gasteiger partial charge in [-0.1, -0.05) is 18.2 Å². The van der Waals surface area contributed by atoms with Crippen LogP contribution in [0.5, 0.6) is 0 Å². The number of nitrogens with one attached hydrogen (secondary N) is 2. The molecule has 0 radical (unpaired) electrons. The van der Waals surface area contributed by atoms with Gasteiger partial charge in [-0.05, 0) is 25.0 Å². The van der Waals surface area contributed by atoms with Gasteiger partial charge in [0.25, 0.3) is 0 Å². The number of sulfone groups is 1. The van der Waals surface area contributed by atoms with Gasteiger partial charge in [-0.15, -0.1) is 24.0 Å². The number of benzene rings is 1. The average Bonchev–Trinajstić information content (AvgIpc) is 2.64. The van der Waals surface area contributed by atoms with Crippen molar-refractivity contribution in [2.75, 3.05) is 50.3 Å². The molecule has 1 saturated heterocycles. The Bertz CT molecular complexity index is 706. The highest BCUT2D eigenvalue weighted by Gasteiger charge is 2.15. The molecule has 0 aliphatic carbocycles. The summed E-state index contributed by atoms with van der Waals surface area (Å²) in [7, 11) is -1.24. The molecule has 0 amide bonds. The van der Waals surface area contributed by atoms with Crippen molar-refractivity contribution >= 4 is 45.5 Å². The molecule has 154 valence electrons. The Morgan fingerprint density at radius 3 is 2.59 bits per heavy atom. The lowest BCUT2D eigenvalue weighted by molar-refractivity contribution is 0.122. The van der Waals surface area contributed by atoms with E-state index in [1.165, 1.54) is 17.5 Å². The summed E-state index contributed by atoms with van der Waals surface area (Å²) in [6.07, 6.45) is 1.80. The van der Waals surface area contributed by atoms with Crippen molar-refractivity contribution in [1.29, 1.82) is 0 Å². The first-order valence-corrected chi connectivity index (χ1v) is 11.0. The molecule has 1 fully saturated rings. The summed E-state index contributed by atoms with van der Waals surface area (Å²) in [6, 6.07) is 8.34. The minimum Gasteiger partial charge on any atom is -0.378 e. The first-order valence-electron chi connectivity index (χ1n) is 8.94. The normalized spacial score (nSPS) is 16.4. The van der Waals surface area contributed by atoms with E-state index in [4.69, 9.17) is 4.74 Å². The molecule has 0 bridgehead atoms. The minimum atomic E-state index is -2.95. The highest BCUT2D eigenvalue weighted by Crippen LogP contribution is 2.21. The van der Waals surface area contributed by atoms with Crippen molar-refractivity contribution in [2.45, 2.75) is 25.9 Å². The zero-order valence-corrected chi connectivity index (χ0v) is 19.4. The molecule has 7 nitrogen and oxygen atoms in total. The number of guanidine groups is 1. The van der Waals surface area contributed by atoms with Crippen molar-refractivity contribution in [3.05, 3.63) is 29.8 Å². The summed E-state index contributed by atoms with van der Waals surface area (Å²) in [6.45, 7) is 5.90. The van der Waals surface area contributed by atoms with Crippen LogP contribution in [-0.4, -0.2) is 65.8 Å². The smallest absolute Gasteiger partial charge is 0.191 e. The van der Waals surface area contributed by atoms with Crippen LogP contribution in [0.25, 0.3) is 0 Å². The Morgan fingerprint density at radius 1 is 1.30 bits per heavy atom. The first-order chi connectivity index (χ1) is 12.4. The van der Waals surface area contributed by atoms with Gasteiger partial charge in [-0.2, -0.15) is 0 Å². The molecule has 9 heteroatoms. The number of ether oxygens (including phenoxy) is 1. The molecule has 1 aliphatic rings. The van der Waals surface area contributed by atoms with Gasteiger partial charge in [0, 0.05) is 44.7 Å². The molecule has 1 aromatic rings. The second-order valence-electron chi connectivity index (χ2n) is 6.62. The van der Waals surface area contributed by atoms with Crippen molar-refractivity contribution in [3.63, 3.8) is 0 Å². The number of aliphatic imine (C=N–C) groups is 1. The summed E-state index contributed by atoms with van der Waals surface area (Å²) in [5.74, 6) is 0.834. The van der Waals surface area contributed by atoms with Crippen LogP contribution in [0.1, 0.15) is 18.9 Å². The van der Waals surface area contributed by atoms with Gasteiger partial charge in [0.05, 0.1) is 19.0 Å². The first kappa shape index (κ1) is 24.0. The molecule has 1 heterocycles. The number of anilines is 1. The SMILES string of the molecule is CN=C(NCc1ccccc1N1CCOCC1)NC(C)CCS(C)(=O)=O.I. The van der Waals surface area contributed by atoms with Crippen LogP contribution in [0.2, 0.25) is 0 Å². The minimum absolute atomic E-state index is 0. The quantitative estimate of drug-likeness (QED) is 0.330. The van der Waals surface area contributed by atoms with Crippen LogP contribution in [0, 0.1) is 0 Å². The van der Waals surface area contributed by atoms with E-state index in [-0.39, 0.29) is 35.8 Å². The lowest BCUT2D eigenvalue weighted by atomic mass is 10.1. The summed E-state index contributed by atoms with van der Waals surface area (Å²) >= 11 is 0. The summed E-state index contributed by atoms with van der Waals surface area (Å²) in [4.78, 5) is 6.58. The Kier molecular flexibility index (Phi) is 10.4. The fraction of sp³-hybridized carbons (Fsp3) is 0.611. The van der Waals surface area contributed by atoms with E-state index >= 15 is 0 Å². The molecule has 1 aromatic carbocycles. The second-order valence-corrected chi connectivity index (χ2v) is 8.88. The third-order valence-electron chi connectivity index (χ3n) is 4.32. The van der Waals surface area contributed by atoms with Crippen molar-refractivity contribution in [3.8, 4) is 0 Å². The lowest BCUT2D eigenvalue weighted by Gasteiger charge is -2.30. The van der Waals surface area contributed by atoms with Crippen molar-refractivity contribution in [2.24, 2.45) is 4.99 Å². The number of hydrogen-bond donors (Lipinski definition) is 2. The Hall–Kier alpha value is -1.07. The Labute approximate surface area is 179 Å². The molecule has 2 rings (SSSR count). The molecule has 1 aliphatic heterocycles. The molecule has 1 atom stereocenters. The van der Waals surface area contributed by atoms with Crippen LogP contribution in [0.15, 0.2) is 29.3 Å². The maximum Gasteiger partial charge on any atom is 0.191 e. The van der Waals surface area contributed by atoms with Crippen LogP contribution >= 0.6 is 24.0 Å². The average molecular weight is 510 g/mol. The summed E-state index contributed by atoms with van der Waals surface area (Å²) in [5, 5.41) is 6.57. The van der Waals surface area contributed by atoms with E-state index in [2.05, 4.69) is 38.7 Å². The van der Waals surface area contributed by atoms with Gasteiger partial charge in [0.1, 0.15) is 9.84 Å². The maximum atomic E-state index is 11.3. The van der Waals surface area contributed by atoms with Crippen LogP contribution in [0.3, 0.4) is 0 Å². The molecule has 27 heavy (non-hydrogen) atoms. The van der Waals surface area contributed by atoms with E-state index in [9.17, 15) is 8.42 Å². The van der Waals surface area contributed by atoms with Gasteiger partial charge in [0.2, 0.25) is 0 Å². The maximum absolute atomic E-state index is 11.3. The predicted octanol–water partition coefficient (Wildman–Crippen LogP) is 1.63. The van der Waals surface area contributed by atoms with E-state index < -0.39 is 9.84 Å². The monoisotopic (exact) mass is 510 g/mol. The predicted molar refractivity (Wildman–Crippen MR) is 122 cm³/mol. The second kappa shape index (κ2) is 11.7. The van der Waals surface area contributed by atoms with Gasteiger partial charge in [-0.25, -0.2) is 8.42 Å². The van der Waals surface area contributed by atoms with Crippen molar-refractivity contribution in [1.82, 2.24) is 10.6 Å². The van der Waals surface area contributed by atoms with Gasteiger partial charge < -0.3 is 20.3 Å². The number of halogens is 1. The zero-order valence-electron chi connectivity index (χ0n) is 16.3. The fourth-order valence-electron chi connectivity index (χ4n) is 2.84. The molecule has 0 aromatic heterocycles. The van der Waals surface area contributed by atoms with E-state index in [1.54, 1.807) is 7.05 Å². The Balaban J connectivity index is 0.00000364. The third-order valence-corrected chi connectivity index (χ3v) is 5.30. The molecular formula is C18H31IN4O3S. The highest BCUT2D eigenvalue weighted by molar-refractivity contribution is 14.0. The van der Waals surface area contributed by atoms with Gasteiger partial charge in [-0.3, -0.25) is 4.99 Å². The molecular weight excluding hydrogens is 479 g/mol. The summed E-state index contributed by atoms with van der Waals surface area (Å²) in [5.41, 5.74) is 2.41. The molecule has 0 spiro atoms. The van der Waals surface area contributed by atoms with Gasteiger partial charge in [0.15, 0.2) is 5.96 Å². The molecule has 0 saturated carbocycles. The van der Waals surface area contributed by atoms with E-state index in [0.717, 1.165) is 26.3 Å². The number of para-hydroxylation sites is 1. The van der Waals surface area contributed by atoms with E-state index in [1.807, 2.05) is 13.0 Å². The highest BCUT2D eigenvalue weighted by atomic mass is 127. The van der Waals surface area contributed by atoms with Crippen molar-refractivity contribution < 1.29 is 13.2 Å². The molecule has 2 N–H and O–H groups in total. The largest absolute Gasteiger partial charge is 0.378 e. The van der Waals surface area contributed by atoms with Crippen LogP contribution in [0.4, 0.5) is 5.69 Å². The fourth-order valence-corrected chi connectivity index (χ4v) is 3.62. The number of hydrogen-bond acceptors (Lipinski definition) is 5. The standard InChI is InChI=1S/C18H30N4O3S.HI/c1-15(8-13-26(3,23)24)21-18(19-2)20-14-16-6-4-5-7-17(16)22-9-11-25-12-10-22;/h4-7,15H,8-14H2,1-3H3,(H2,19,20,21);1H. The number of rotatable bonds is 7. The van der Waals surface area contributed by atoms with Crippen LogP contribution in [-0.2, 0) is 21.1 Å². The van der Waals surface area contributed by atoms with Gasteiger partial charge >= 0.3 is 0 Å². The number of nitrogens with zero attached hydrogens (tertiary/aromatic N) is 2. The Morgan fingerprint density at radius 2 is 1.96 bits per heavy atom. The lowest BCUT2D eigenvalue weighted by Crippen LogP contribution is -2.43. The topological polar surface area (TPSA) is 83.0 Å². The third kappa shape index (κ3) is 8.65. The van der Waals surface area contributed by atoms with Crippen LogP contribution < -0.4 is 15.5 Å². The van der Waals surface area contributed by atoms with E-state index in [0.29, 0.717) is 18.9 Å². The summed E-state index contributed by atoms with van der Waals surface area (Å²) < 4.78 is 28.0. The molecule has 1 unspecified atom stereocenters. The number of morpholine rings is 1.